The van der Waals surface area contributed by atoms with Gasteiger partial charge in [-0.3, -0.25) is 0 Å². The molecule has 0 aliphatic heterocycles. The normalized spacial score (nSPS) is 10.7. The van der Waals surface area contributed by atoms with Gasteiger partial charge in [0.15, 0.2) is 5.65 Å². The van der Waals surface area contributed by atoms with E-state index in [-0.39, 0.29) is 0 Å². The van der Waals surface area contributed by atoms with Gasteiger partial charge in [0, 0.05) is 0 Å². The van der Waals surface area contributed by atoms with Gasteiger partial charge in [0.1, 0.15) is 4.60 Å². The van der Waals surface area contributed by atoms with Crippen molar-refractivity contribution in [1.82, 2.24) is 14.6 Å². The summed E-state index contributed by atoms with van der Waals surface area (Å²) in [5.74, 6) is 0. The first-order valence-corrected chi connectivity index (χ1v) is 4.03. The molecule has 4 heteroatoms. The predicted octanol–water partition coefficient (Wildman–Crippen LogP) is 1.80. The summed E-state index contributed by atoms with van der Waals surface area (Å²) in [4.78, 5) is 4.17. The minimum Gasteiger partial charge on any atom is -0.220 e. The van der Waals surface area contributed by atoms with Gasteiger partial charge in [-0.15, -0.1) is 0 Å². The molecule has 3 nitrogen and oxygen atoms in total. The van der Waals surface area contributed by atoms with Crippen LogP contribution >= 0.6 is 15.9 Å². The van der Waals surface area contributed by atoms with Crippen LogP contribution in [0.4, 0.5) is 0 Å². The molecule has 0 amide bonds. The molecular weight excluding hydrogens is 206 g/mol. The van der Waals surface area contributed by atoms with Crippen molar-refractivity contribution in [3.8, 4) is 0 Å². The predicted molar refractivity (Wildman–Crippen MR) is 45.4 cm³/mol. The number of aryl methyl sites for hydroxylation is 1. The van der Waals surface area contributed by atoms with Crippen LogP contribution in [-0.2, 0) is 0 Å². The van der Waals surface area contributed by atoms with E-state index in [1.807, 2.05) is 25.3 Å². The molecule has 2 aromatic rings. The van der Waals surface area contributed by atoms with Crippen LogP contribution in [0.25, 0.3) is 5.65 Å². The van der Waals surface area contributed by atoms with E-state index >= 15 is 0 Å². The number of imidazole rings is 1. The van der Waals surface area contributed by atoms with Gasteiger partial charge in [0.05, 0.1) is 11.9 Å². The first-order chi connectivity index (χ1) is 5.25. The van der Waals surface area contributed by atoms with E-state index in [1.54, 1.807) is 4.52 Å². The zero-order valence-corrected chi connectivity index (χ0v) is 7.54. The highest BCUT2D eigenvalue weighted by atomic mass is 79.9. The lowest BCUT2D eigenvalue weighted by Gasteiger charge is -1.91. The fourth-order valence-corrected chi connectivity index (χ4v) is 1.32. The van der Waals surface area contributed by atoms with Gasteiger partial charge in [0.2, 0.25) is 0 Å². The van der Waals surface area contributed by atoms with Crippen molar-refractivity contribution in [2.45, 2.75) is 6.92 Å². The summed E-state index contributed by atoms with van der Waals surface area (Å²) >= 11 is 3.28. The Morgan fingerprint density at radius 1 is 1.45 bits per heavy atom. The average Bonchev–Trinajstić information content (AvgIpc) is 2.27. The molecular formula is C7H6BrN3. The first kappa shape index (κ1) is 6.79. The van der Waals surface area contributed by atoms with Gasteiger partial charge in [-0.25, -0.2) is 9.50 Å². The largest absolute Gasteiger partial charge is 0.220 e. The summed E-state index contributed by atoms with van der Waals surface area (Å²) in [7, 11) is 0. The van der Waals surface area contributed by atoms with Gasteiger partial charge in [-0.1, -0.05) is 0 Å². The average molecular weight is 212 g/mol. The zero-order valence-electron chi connectivity index (χ0n) is 5.95. The van der Waals surface area contributed by atoms with E-state index in [0.29, 0.717) is 0 Å². The third-order valence-corrected chi connectivity index (χ3v) is 1.81. The smallest absolute Gasteiger partial charge is 0.154 e. The van der Waals surface area contributed by atoms with Gasteiger partial charge in [-0.05, 0) is 35.0 Å². The highest BCUT2D eigenvalue weighted by molar-refractivity contribution is 9.10. The Hall–Kier alpha value is -0.900. The highest BCUT2D eigenvalue weighted by Crippen LogP contribution is 2.08. The number of rotatable bonds is 0. The van der Waals surface area contributed by atoms with E-state index in [2.05, 4.69) is 26.0 Å². The topological polar surface area (TPSA) is 30.2 Å². The van der Waals surface area contributed by atoms with Crippen molar-refractivity contribution >= 4 is 21.6 Å². The van der Waals surface area contributed by atoms with Crippen LogP contribution in [-0.4, -0.2) is 14.6 Å². The Labute approximate surface area is 72.2 Å². The molecule has 0 aliphatic carbocycles. The minimum atomic E-state index is 0.815. The quantitative estimate of drug-likeness (QED) is 0.666. The fourth-order valence-electron chi connectivity index (χ4n) is 0.949. The van der Waals surface area contributed by atoms with Crippen molar-refractivity contribution in [2.24, 2.45) is 0 Å². The molecule has 0 fully saturated rings. The second-order valence-corrected chi connectivity index (χ2v) is 3.15. The number of aromatic nitrogens is 3. The Morgan fingerprint density at radius 3 is 3.09 bits per heavy atom. The lowest BCUT2D eigenvalue weighted by atomic mass is 10.4. The molecule has 0 N–H and O–H groups in total. The monoisotopic (exact) mass is 211 g/mol. The fraction of sp³-hybridized carbons (Fsp3) is 0.143. The molecule has 2 aromatic heterocycles. The van der Waals surface area contributed by atoms with E-state index in [4.69, 9.17) is 0 Å². The molecule has 0 atom stereocenters. The summed E-state index contributed by atoms with van der Waals surface area (Å²) in [5, 5.41) is 4.22. The van der Waals surface area contributed by atoms with Crippen molar-refractivity contribution in [3.05, 3.63) is 28.6 Å². The van der Waals surface area contributed by atoms with Crippen molar-refractivity contribution in [2.75, 3.05) is 0 Å². The standard InChI is InChI=1S/C7H6BrN3/c1-5-2-3-7-9-6(8)4-11(7)10-5/h2-4H,1H3. The Kier molecular flexibility index (Phi) is 1.42. The van der Waals surface area contributed by atoms with Gasteiger partial charge in [0.25, 0.3) is 0 Å². The number of nitrogens with zero attached hydrogens (tertiary/aromatic N) is 3. The molecule has 2 rings (SSSR count). The van der Waals surface area contributed by atoms with Crippen LogP contribution in [0.2, 0.25) is 0 Å². The van der Waals surface area contributed by atoms with Crippen LogP contribution in [0.5, 0.6) is 0 Å². The molecule has 56 valence electrons. The Morgan fingerprint density at radius 2 is 2.27 bits per heavy atom. The molecule has 11 heavy (non-hydrogen) atoms. The second kappa shape index (κ2) is 2.30. The number of fused-ring (bicyclic) bond motifs is 1. The van der Waals surface area contributed by atoms with Crippen LogP contribution in [0.3, 0.4) is 0 Å². The van der Waals surface area contributed by atoms with E-state index < -0.39 is 0 Å². The SMILES string of the molecule is Cc1ccc2nc(Br)cn2n1. The lowest BCUT2D eigenvalue weighted by molar-refractivity contribution is 0.900. The summed E-state index contributed by atoms with van der Waals surface area (Å²) < 4.78 is 2.56. The maximum absolute atomic E-state index is 4.22. The summed E-state index contributed by atoms with van der Waals surface area (Å²) in [6, 6.07) is 3.88. The highest BCUT2D eigenvalue weighted by Gasteiger charge is 1.97. The molecule has 0 unspecified atom stereocenters. The van der Waals surface area contributed by atoms with Crippen LogP contribution in [0, 0.1) is 6.92 Å². The maximum Gasteiger partial charge on any atom is 0.154 e. The molecule has 0 saturated carbocycles. The third kappa shape index (κ3) is 1.14. The molecule has 0 spiro atoms. The van der Waals surface area contributed by atoms with Crippen molar-refractivity contribution in [1.29, 1.82) is 0 Å². The number of hydrogen-bond acceptors (Lipinski definition) is 2. The van der Waals surface area contributed by atoms with Gasteiger partial charge in [-0.2, -0.15) is 5.10 Å². The summed E-state index contributed by atoms with van der Waals surface area (Å²) in [5.41, 5.74) is 1.85. The maximum atomic E-state index is 4.22. The van der Waals surface area contributed by atoms with Gasteiger partial charge < -0.3 is 0 Å². The Balaban J connectivity index is 2.82. The van der Waals surface area contributed by atoms with Crippen LogP contribution in [0.1, 0.15) is 5.69 Å². The molecule has 2 heterocycles. The van der Waals surface area contributed by atoms with Crippen LogP contribution < -0.4 is 0 Å². The molecule has 0 aromatic carbocycles. The second-order valence-electron chi connectivity index (χ2n) is 2.34. The van der Waals surface area contributed by atoms with Gasteiger partial charge >= 0.3 is 0 Å². The van der Waals surface area contributed by atoms with E-state index in [9.17, 15) is 0 Å². The molecule has 0 bridgehead atoms. The molecule has 0 saturated heterocycles. The van der Waals surface area contributed by atoms with E-state index in [1.165, 1.54) is 0 Å². The molecule has 0 radical (unpaired) electrons. The lowest BCUT2D eigenvalue weighted by Crippen LogP contribution is -1.91. The zero-order chi connectivity index (χ0) is 7.84. The van der Waals surface area contributed by atoms with E-state index in [0.717, 1.165) is 15.9 Å². The number of hydrogen-bond donors (Lipinski definition) is 0. The molecule has 0 aliphatic rings. The Bertz CT molecular complexity index is 393. The minimum absolute atomic E-state index is 0.815. The van der Waals surface area contributed by atoms with Crippen LogP contribution in [0.15, 0.2) is 22.9 Å². The number of halogens is 1. The summed E-state index contributed by atoms with van der Waals surface area (Å²) in [6.07, 6.45) is 1.84. The first-order valence-electron chi connectivity index (χ1n) is 3.24. The van der Waals surface area contributed by atoms with Crippen molar-refractivity contribution in [3.63, 3.8) is 0 Å². The summed E-state index contributed by atoms with van der Waals surface area (Å²) in [6.45, 7) is 1.95. The third-order valence-electron chi connectivity index (χ3n) is 1.42. The van der Waals surface area contributed by atoms with Crippen molar-refractivity contribution < 1.29 is 0 Å².